The fraction of sp³-hybridized carbons (Fsp3) is 0.357. The standard InChI is InChI=1S/C14H19N5O2/c1-4-20-11-8-6-5-7-10(11)16-13-17-12(15)18-14(19-13)21-9(2)3/h5-9H,4H2,1-3H3,(H3,15,16,17,18,19). The van der Waals surface area contributed by atoms with Crippen molar-refractivity contribution in [3.63, 3.8) is 0 Å². The molecule has 0 aliphatic rings. The number of nitrogen functional groups attached to an aromatic ring is 1. The van der Waals surface area contributed by atoms with Crippen LogP contribution in [0.5, 0.6) is 11.8 Å². The number of hydrogen-bond donors (Lipinski definition) is 2. The number of benzene rings is 1. The van der Waals surface area contributed by atoms with Gasteiger partial charge in [-0.3, -0.25) is 0 Å². The van der Waals surface area contributed by atoms with E-state index in [-0.39, 0.29) is 18.1 Å². The van der Waals surface area contributed by atoms with Gasteiger partial charge in [-0.25, -0.2) is 0 Å². The van der Waals surface area contributed by atoms with Gasteiger partial charge < -0.3 is 20.5 Å². The van der Waals surface area contributed by atoms with Gasteiger partial charge in [0.2, 0.25) is 11.9 Å². The summed E-state index contributed by atoms with van der Waals surface area (Å²) in [7, 11) is 0. The van der Waals surface area contributed by atoms with Crippen molar-refractivity contribution in [1.82, 2.24) is 15.0 Å². The Morgan fingerprint density at radius 2 is 1.95 bits per heavy atom. The first kappa shape index (κ1) is 14.8. The van der Waals surface area contributed by atoms with E-state index in [9.17, 15) is 0 Å². The highest BCUT2D eigenvalue weighted by atomic mass is 16.5. The second kappa shape index (κ2) is 6.74. The minimum atomic E-state index is -0.0460. The van der Waals surface area contributed by atoms with Crippen LogP contribution in [0.15, 0.2) is 24.3 Å². The number of nitrogens with two attached hydrogens (primary N) is 1. The Morgan fingerprint density at radius 1 is 1.19 bits per heavy atom. The number of nitrogens with one attached hydrogen (secondary N) is 1. The predicted molar refractivity (Wildman–Crippen MR) is 80.9 cm³/mol. The number of hydrogen-bond acceptors (Lipinski definition) is 7. The van der Waals surface area contributed by atoms with Crippen molar-refractivity contribution in [1.29, 1.82) is 0 Å². The zero-order chi connectivity index (χ0) is 15.2. The number of para-hydroxylation sites is 2. The van der Waals surface area contributed by atoms with Gasteiger partial charge in [-0.1, -0.05) is 12.1 Å². The number of anilines is 3. The van der Waals surface area contributed by atoms with Crippen LogP contribution in [0.25, 0.3) is 0 Å². The van der Waals surface area contributed by atoms with Crippen molar-refractivity contribution in [2.45, 2.75) is 26.9 Å². The molecule has 1 aromatic carbocycles. The summed E-state index contributed by atoms with van der Waals surface area (Å²) < 4.78 is 11.0. The van der Waals surface area contributed by atoms with E-state index in [4.69, 9.17) is 15.2 Å². The minimum Gasteiger partial charge on any atom is -0.492 e. The maximum atomic E-state index is 5.67. The van der Waals surface area contributed by atoms with E-state index in [1.165, 1.54) is 0 Å². The van der Waals surface area contributed by atoms with Crippen LogP contribution in [-0.4, -0.2) is 27.7 Å². The third-order valence-corrected chi connectivity index (χ3v) is 2.41. The van der Waals surface area contributed by atoms with Crippen LogP contribution in [0.3, 0.4) is 0 Å². The number of aromatic nitrogens is 3. The second-order valence-electron chi connectivity index (χ2n) is 4.52. The summed E-state index contributed by atoms with van der Waals surface area (Å²) in [5.74, 6) is 1.12. The molecule has 0 unspecified atom stereocenters. The summed E-state index contributed by atoms with van der Waals surface area (Å²) in [6, 6.07) is 7.70. The molecule has 0 saturated carbocycles. The fourth-order valence-corrected chi connectivity index (χ4v) is 1.66. The molecule has 0 fully saturated rings. The quantitative estimate of drug-likeness (QED) is 0.842. The molecule has 0 amide bonds. The lowest BCUT2D eigenvalue weighted by Gasteiger charge is -2.12. The molecule has 2 rings (SSSR count). The van der Waals surface area contributed by atoms with Gasteiger partial charge in [-0.2, -0.15) is 15.0 Å². The zero-order valence-corrected chi connectivity index (χ0v) is 12.3. The second-order valence-corrected chi connectivity index (χ2v) is 4.52. The smallest absolute Gasteiger partial charge is 0.323 e. The Morgan fingerprint density at radius 3 is 2.67 bits per heavy atom. The Balaban J connectivity index is 2.25. The van der Waals surface area contributed by atoms with E-state index in [1.807, 2.05) is 45.0 Å². The van der Waals surface area contributed by atoms with Crippen molar-refractivity contribution in [2.24, 2.45) is 0 Å². The summed E-state index contributed by atoms with van der Waals surface area (Å²) in [5, 5.41) is 3.06. The Labute approximate surface area is 123 Å². The molecule has 0 aliphatic heterocycles. The highest BCUT2D eigenvalue weighted by Gasteiger charge is 2.09. The van der Waals surface area contributed by atoms with E-state index < -0.39 is 0 Å². The van der Waals surface area contributed by atoms with Crippen LogP contribution >= 0.6 is 0 Å². The van der Waals surface area contributed by atoms with E-state index in [0.717, 1.165) is 5.69 Å². The van der Waals surface area contributed by atoms with Gasteiger partial charge >= 0.3 is 6.01 Å². The molecule has 21 heavy (non-hydrogen) atoms. The summed E-state index contributed by atoms with van der Waals surface area (Å²) in [4.78, 5) is 12.2. The van der Waals surface area contributed by atoms with E-state index in [0.29, 0.717) is 18.3 Å². The highest BCUT2D eigenvalue weighted by molar-refractivity contribution is 5.62. The third kappa shape index (κ3) is 4.20. The van der Waals surface area contributed by atoms with Crippen LogP contribution in [0.1, 0.15) is 20.8 Å². The minimum absolute atomic E-state index is 0.0460. The molecule has 3 N–H and O–H groups in total. The van der Waals surface area contributed by atoms with Gasteiger partial charge in [0, 0.05) is 0 Å². The molecule has 0 saturated heterocycles. The van der Waals surface area contributed by atoms with Crippen LogP contribution in [0.4, 0.5) is 17.6 Å². The fourth-order valence-electron chi connectivity index (χ4n) is 1.66. The molecular formula is C14H19N5O2. The van der Waals surface area contributed by atoms with Crippen molar-refractivity contribution >= 4 is 17.6 Å². The lowest BCUT2D eigenvalue weighted by Crippen LogP contribution is -2.12. The van der Waals surface area contributed by atoms with E-state index in [1.54, 1.807) is 0 Å². The number of rotatable bonds is 6. The molecule has 112 valence electrons. The lowest BCUT2D eigenvalue weighted by molar-refractivity contribution is 0.222. The van der Waals surface area contributed by atoms with Crippen molar-refractivity contribution in [2.75, 3.05) is 17.7 Å². The van der Waals surface area contributed by atoms with Crippen LogP contribution in [-0.2, 0) is 0 Å². The van der Waals surface area contributed by atoms with E-state index >= 15 is 0 Å². The summed E-state index contributed by atoms with van der Waals surface area (Å²) in [6.07, 6.45) is -0.0460. The lowest BCUT2D eigenvalue weighted by atomic mass is 10.3. The molecule has 7 heteroatoms. The molecule has 0 spiro atoms. The molecule has 1 heterocycles. The highest BCUT2D eigenvalue weighted by Crippen LogP contribution is 2.26. The summed E-state index contributed by atoms with van der Waals surface area (Å²) in [5.41, 5.74) is 6.42. The van der Waals surface area contributed by atoms with Gasteiger partial charge in [0.05, 0.1) is 18.4 Å². The first-order valence-corrected chi connectivity index (χ1v) is 6.75. The molecule has 0 aliphatic carbocycles. The van der Waals surface area contributed by atoms with Crippen LogP contribution in [0, 0.1) is 0 Å². The third-order valence-electron chi connectivity index (χ3n) is 2.41. The van der Waals surface area contributed by atoms with Gasteiger partial charge in [0.15, 0.2) is 0 Å². The molecule has 2 aromatic rings. The Hall–Kier alpha value is -2.57. The van der Waals surface area contributed by atoms with Crippen LogP contribution in [0.2, 0.25) is 0 Å². The zero-order valence-electron chi connectivity index (χ0n) is 12.3. The first-order valence-electron chi connectivity index (χ1n) is 6.75. The molecular weight excluding hydrogens is 270 g/mol. The first-order chi connectivity index (χ1) is 10.1. The average molecular weight is 289 g/mol. The van der Waals surface area contributed by atoms with Crippen molar-refractivity contribution in [3.05, 3.63) is 24.3 Å². The van der Waals surface area contributed by atoms with Gasteiger partial charge in [-0.05, 0) is 32.9 Å². The largest absolute Gasteiger partial charge is 0.492 e. The monoisotopic (exact) mass is 289 g/mol. The Kier molecular flexibility index (Phi) is 4.76. The van der Waals surface area contributed by atoms with Gasteiger partial charge in [0.25, 0.3) is 0 Å². The van der Waals surface area contributed by atoms with E-state index in [2.05, 4.69) is 20.3 Å². The maximum Gasteiger partial charge on any atom is 0.323 e. The number of ether oxygens (including phenoxy) is 2. The van der Waals surface area contributed by atoms with Crippen molar-refractivity contribution < 1.29 is 9.47 Å². The SMILES string of the molecule is CCOc1ccccc1Nc1nc(N)nc(OC(C)C)n1. The predicted octanol–water partition coefficient (Wildman–Crippen LogP) is 2.38. The van der Waals surface area contributed by atoms with Gasteiger partial charge in [0.1, 0.15) is 5.75 Å². The Bertz CT molecular complexity index is 604. The molecule has 0 radical (unpaired) electrons. The average Bonchev–Trinajstić information content (AvgIpc) is 2.40. The molecule has 0 bridgehead atoms. The van der Waals surface area contributed by atoms with Gasteiger partial charge in [-0.15, -0.1) is 0 Å². The summed E-state index contributed by atoms with van der Waals surface area (Å²) in [6.45, 7) is 6.26. The normalized spacial score (nSPS) is 10.5. The van der Waals surface area contributed by atoms with Crippen LogP contribution < -0.4 is 20.5 Å². The molecule has 7 nitrogen and oxygen atoms in total. The number of nitrogens with zero attached hydrogens (tertiary/aromatic N) is 3. The molecule has 0 atom stereocenters. The van der Waals surface area contributed by atoms with Crippen molar-refractivity contribution in [3.8, 4) is 11.8 Å². The molecule has 1 aromatic heterocycles. The maximum absolute atomic E-state index is 5.67. The topological polar surface area (TPSA) is 95.2 Å². The summed E-state index contributed by atoms with van der Waals surface area (Å²) >= 11 is 0.